The molecule has 1 amide bonds. The second-order valence-electron chi connectivity index (χ2n) is 2.98. The zero-order valence-corrected chi connectivity index (χ0v) is 7.40. The van der Waals surface area contributed by atoms with Crippen molar-refractivity contribution in [2.75, 3.05) is 5.32 Å². The normalized spacial score (nSPS) is 10.0. The van der Waals surface area contributed by atoms with E-state index in [2.05, 4.69) is 5.32 Å². The van der Waals surface area contributed by atoms with Gasteiger partial charge >= 0.3 is 0 Å². The van der Waals surface area contributed by atoms with Crippen molar-refractivity contribution in [3.63, 3.8) is 0 Å². The average molecular weight is 187 g/mol. The molecular weight excluding hydrogens is 178 g/mol. The molecule has 0 unspecified atom stereocenters. The molecule has 14 heavy (non-hydrogen) atoms. The summed E-state index contributed by atoms with van der Waals surface area (Å²) in [6.07, 6.45) is 0.545. The number of carbonyl (C=O) groups is 1. The summed E-state index contributed by atoms with van der Waals surface area (Å²) in [5.41, 5.74) is 0.429. The zero-order chi connectivity index (χ0) is 9.97. The Morgan fingerprint density at radius 1 is 1.14 bits per heavy atom. The van der Waals surface area contributed by atoms with Crippen LogP contribution in [-0.2, 0) is 4.79 Å². The summed E-state index contributed by atoms with van der Waals surface area (Å²) in [6.45, 7) is 0. The zero-order valence-electron chi connectivity index (χ0n) is 7.40. The first kappa shape index (κ1) is 8.56. The van der Waals surface area contributed by atoms with Crippen LogP contribution in [0, 0.1) is 0 Å². The molecule has 70 valence electrons. The second-order valence-corrected chi connectivity index (χ2v) is 2.98. The van der Waals surface area contributed by atoms with Crippen LogP contribution >= 0.6 is 0 Å². The number of aromatic hydroxyl groups is 1. The van der Waals surface area contributed by atoms with E-state index in [0.29, 0.717) is 12.1 Å². The molecule has 0 radical (unpaired) electrons. The number of carbonyl (C=O) groups excluding carboxylic acids is 1. The van der Waals surface area contributed by atoms with Crippen molar-refractivity contribution in [1.82, 2.24) is 0 Å². The molecule has 0 atom stereocenters. The average Bonchev–Trinajstić information content (AvgIpc) is 2.19. The largest absolute Gasteiger partial charge is 0.506 e. The number of anilines is 1. The molecule has 0 saturated heterocycles. The Hall–Kier alpha value is -2.03. The summed E-state index contributed by atoms with van der Waals surface area (Å²) < 4.78 is 0. The van der Waals surface area contributed by atoms with Crippen LogP contribution in [0.5, 0.6) is 5.75 Å². The minimum Gasteiger partial charge on any atom is -0.506 e. The third-order valence-corrected chi connectivity index (χ3v) is 2.08. The van der Waals surface area contributed by atoms with Gasteiger partial charge in [-0.05, 0) is 22.9 Å². The fourth-order valence-corrected chi connectivity index (χ4v) is 1.41. The highest BCUT2D eigenvalue weighted by Crippen LogP contribution is 2.28. The van der Waals surface area contributed by atoms with Crippen LogP contribution in [0.2, 0.25) is 0 Å². The molecule has 2 rings (SSSR count). The number of phenolic OH excluding ortho intramolecular Hbond substituents is 1. The fourth-order valence-electron chi connectivity index (χ4n) is 1.41. The van der Waals surface area contributed by atoms with Crippen LogP contribution in [-0.4, -0.2) is 11.5 Å². The number of phenols is 1. The van der Waals surface area contributed by atoms with Gasteiger partial charge in [0.05, 0.1) is 5.69 Å². The summed E-state index contributed by atoms with van der Waals surface area (Å²) in [5.74, 6) is 0.0794. The standard InChI is InChI=1S/C11H9NO2/c13-7-12-10-5-8-3-1-2-4-9(8)6-11(10)14/h1-7,14H,(H,12,13). The van der Waals surface area contributed by atoms with Crippen LogP contribution in [0.1, 0.15) is 0 Å². The lowest BCUT2D eigenvalue weighted by Gasteiger charge is -2.04. The lowest BCUT2D eigenvalue weighted by atomic mass is 10.1. The van der Waals surface area contributed by atoms with Crippen LogP contribution in [0.15, 0.2) is 36.4 Å². The molecule has 2 aromatic carbocycles. The van der Waals surface area contributed by atoms with E-state index in [0.717, 1.165) is 10.8 Å². The lowest BCUT2D eigenvalue weighted by Crippen LogP contribution is -1.93. The van der Waals surface area contributed by atoms with Gasteiger partial charge in [-0.15, -0.1) is 0 Å². The SMILES string of the molecule is O=CNc1cc2ccccc2cc1O. The number of hydrogen-bond acceptors (Lipinski definition) is 2. The van der Waals surface area contributed by atoms with Crippen molar-refractivity contribution >= 4 is 22.9 Å². The summed E-state index contributed by atoms with van der Waals surface area (Å²) in [5, 5.41) is 13.9. The molecular formula is C11H9NO2. The van der Waals surface area contributed by atoms with Gasteiger partial charge in [-0.1, -0.05) is 24.3 Å². The van der Waals surface area contributed by atoms with E-state index in [-0.39, 0.29) is 5.75 Å². The Labute approximate surface area is 81.0 Å². The predicted molar refractivity (Wildman–Crippen MR) is 55.3 cm³/mol. The minimum atomic E-state index is 0.0794. The quantitative estimate of drug-likeness (QED) is 0.558. The Balaban J connectivity index is 2.64. The van der Waals surface area contributed by atoms with E-state index in [1.165, 1.54) is 0 Å². The monoisotopic (exact) mass is 187 g/mol. The van der Waals surface area contributed by atoms with Crippen LogP contribution in [0.3, 0.4) is 0 Å². The number of hydrogen-bond donors (Lipinski definition) is 2. The Morgan fingerprint density at radius 2 is 1.79 bits per heavy atom. The molecule has 0 saturated carbocycles. The van der Waals surface area contributed by atoms with Gasteiger partial charge in [0.15, 0.2) is 0 Å². The number of fused-ring (bicyclic) bond motifs is 1. The van der Waals surface area contributed by atoms with Crippen LogP contribution < -0.4 is 5.32 Å². The lowest BCUT2D eigenvalue weighted by molar-refractivity contribution is -0.105. The van der Waals surface area contributed by atoms with Crippen molar-refractivity contribution in [3.8, 4) is 5.75 Å². The molecule has 2 aromatic rings. The van der Waals surface area contributed by atoms with E-state index < -0.39 is 0 Å². The molecule has 0 aliphatic rings. The van der Waals surface area contributed by atoms with Gasteiger partial charge in [-0.3, -0.25) is 4.79 Å². The van der Waals surface area contributed by atoms with Crippen molar-refractivity contribution in [2.24, 2.45) is 0 Å². The van der Waals surface area contributed by atoms with Crippen molar-refractivity contribution in [2.45, 2.75) is 0 Å². The minimum absolute atomic E-state index is 0.0794. The van der Waals surface area contributed by atoms with E-state index in [1.54, 1.807) is 12.1 Å². The van der Waals surface area contributed by atoms with Crippen molar-refractivity contribution < 1.29 is 9.90 Å². The van der Waals surface area contributed by atoms with Gasteiger partial charge < -0.3 is 10.4 Å². The van der Waals surface area contributed by atoms with E-state index >= 15 is 0 Å². The Bertz CT molecular complexity index is 480. The molecule has 0 aliphatic carbocycles. The Kier molecular flexibility index (Phi) is 2.07. The fraction of sp³-hybridized carbons (Fsp3) is 0. The number of benzene rings is 2. The summed E-state index contributed by atoms with van der Waals surface area (Å²) in [7, 11) is 0. The second kappa shape index (κ2) is 3.38. The van der Waals surface area contributed by atoms with Crippen molar-refractivity contribution in [3.05, 3.63) is 36.4 Å². The van der Waals surface area contributed by atoms with Crippen LogP contribution in [0.4, 0.5) is 5.69 Å². The first-order chi connectivity index (χ1) is 6.81. The highest BCUT2D eigenvalue weighted by molar-refractivity contribution is 5.91. The third-order valence-electron chi connectivity index (χ3n) is 2.08. The van der Waals surface area contributed by atoms with Gasteiger partial charge in [0.1, 0.15) is 5.75 Å². The first-order valence-corrected chi connectivity index (χ1v) is 4.23. The maximum Gasteiger partial charge on any atom is 0.211 e. The van der Waals surface area contributed by atoms with E-state index in [9.17, 15) is 9.90 Å². The molecule has 0 heterocycles. The summed E-state index contributed by atoms with van der Waals surface area (Å²) in [4.78, 5) is 10.2. The molecule has 0 bridgehead atoms. The number of nitrogens with one attached hydrogen (secondary N) is 1. The highest BCUT2D eigenvalue weighted by atomic mass is 16.3. The maximum atomic E-state index is 10.2. The molecule has 2 N–H and O–H groups in total. The van der Waals surface area contributed by atoms with Crippen molar-refractivity contribution in [1.29, 1.82) is 0 Å². The maximum absolute atomic E-state index is 10.2. The first-order valence-electron chi connectivity index (χ1n) is 4.23. The highest BCUT2D eigenvalue weighted by Gasteiger charge is 2.01. The van der Waals surface area contributed by atoms with E-state index in [1.807, 2.05) is 24.3 Å². The van der Waals surface area contributed by atoms with Crippen LogP contribution in [0.25, 0.3) is 10.8 Å². The van der Waals surface area contributed by atoms with Gasteiger partial charge in [0, 0.05) is 0 Å². The smallest absolute Gasteiger partial charge is 0.211 e. The molecule has 3 nitrogen and oxygen atoms in total. The molecule has 0 spiro atoms. The molecule has 0 aromatic heterocycles. The Morgan fingerprint density at radius 3 is 2.43 bits per heavy atom. The van der Waals surface area contributed by atoms with E-state index in [4.69, 9.17) is 0 Å². The summed E-state index contributed by atoms with van der Waals surface area (Å²) in [6, 6.07) is 11.0. The third kappa shape index (κ3) is 1.40. The summed E-state index contributed by atoms with van der Waals surface area (Å²) >= 11 is 0. The predicted octanol–water partition coefficient (Wildman–Crippen LogP) is 2.11. The van der Waals surface area contributed by atoms with Gasteiger partial charge in [0.25, 0.3) is 0 Å². The molecule has 0 fully saturated rings. The van der Waals surface area contributed by atoms with Gasteiger partial charge in [-0.2, -0.15) is 0 Å². The molecule has 3 heteroatoms. The van der Waals surface area contributed by atoms with Gasteiger partial charge in [0.2, 0.25) is 6.41 Å². The topological polar surface area (TPSA) is 49.3 Å². The molecule has 0 aliphatic heterocycles. The van der Waals surface area contributed by atoms with Gasteiger partial charge in [-0.25, -0.2) is 0 Å². The number of rotatable bonds is 2. The number of amides is 1.